The molecule has 0 fully saturated rings. The van der Waals surface area contributed by atoms with Crippen molar-refractivity contribution in [2.24, 2.45) is 5.73 Å². The second-order valence-electron chi connectivity index (χ2n) is 3.77. The Kier molecular flexibility index (Phi) is 4.47. The van der Waals surface area contributed by atoms with Crippen molar-refractivity contribution < 1.29 is 14.3 Å². The zero-order valence-electron chi connectivity index (χ0n) is 10.2. The highest BCUT2D eigenvalue weighted by atomic mass is 16.7. The minimum absolute atomic E-state index is 0.182. The number of carbonyl (C=O) groups is 1. The average Bonchev–Trinajstić information content (AvgIpc) is 2.47. The molecule has 0 saturated heterocycles. The third kappa shape index (κ3) is 3.79. The molecule has 1 aromatic carbocycles. The van der Waals surface area contributed by atoms with Gasteiger partial charge in [0.1, 0.15) is 6.10 Å². The number of nitrogens with zero attached hydrogens (tertiary/aromatic N) is 1. The van der Waals surface area contributed by atoms with Gasteiger partial charge < -0.3 is 15.2 Å². The molecular formula is C14H14N2O3. The van der Waals surface area contributed by atoms with Gasteiger partial charge in [0.2, 0.25) is 5.88 Å². The van der Waals surface area contributed by atoms with Crippen LogP contribution in [-0.2, 0) is 4.74 Å². The standard InChI is InChI=1S/C14H14N2O3/c15-10-12(11-6-2-1-3-7-11)18-14(17)19-13-8-4-5-9-16-13/h1-9,12H,10,15H2. The second-order valence-corrected chi connectivity index (χ2v) is 3.77. The van der Waals surface area contributed by atoms with E-state index >= 15 is 0 Å². The number of benzene rings is 1. The first-order valence-corrected chi connectivity index (χ1v) is 5.84. The zero-order chi connectivity index (χ0) is 13.5. The molecule has 2 aromatic rings. The third-order valence-corrected chi connectivity index (χ3v) is 2.45. The van der Waals surface area contributed by atoms with Gasteiger partial charge >= 0.3 is 6.16 Å². The molecule has 0 aliphatic rings. The van der Waals surface area contributed by atoms with Gasteiger partial charge in [-0.05, 0) is 11.6 Å². The van der Waals surface area contributed by atoms with Crippen LogP contribution in [0.4, 0.5) is 4.79 Å². The lowest BCUT2D eigenvalue weighted by atomic mass is 10.1. The summed E-state index contributed by atoms with van der Waals surface area (Å²) in [7, 11) is 0. The van der Waals surface area contributed by atoms with Crippen LogP contribution in [0, 0.1) is 0 Å². The van der Waals surface area contributed by atoms with E-state index in [-0.39, 0.29) is 12.4 Å². The number of hydrogen-bond acceptors (Lipinski definition) is 5. The van der Waals surface area contributed by atoms with Crippen LogP contribution >= 0.6 is 0 Å². The van der Waals surface area contributed by atoms with E-state index in [1.165, 1.54) is 6.20 Å². The molecule has 0 saturated carbocycles. The molecule has 2 rings (SSSR count). The smallest absolute Gasteiger partial charge is 0.424 e. The van der Waals surface area contributed by atoms with E-state index in [2.05, 4.69) is 4.98 Å². The first kappa shape index (κ1) is 13.0. The van der Waals surface area contributed by atoms with Gasteiger partial charge in [0.25, 0.3) is 0 Å². The summed E-state index contributed by atoms with van der Waals surface area (Å²) in [6.07, 6.45) is 0.177. The van der Waals surface area contributed by atoms with Crippen molar-refractivity contribution >= 4 is 6.16 Å². The summed E-state index contributed by atoms with van der Waals surface area (Å²) in [5.41, 5.74) is 6.42. The maximum atomic E-state index is 11.6. The SMILES string of the molecule is NCC(OC(=O)Oc1ccccn1)c1ccccc1. The number of nitrogens with two attached hydrogens (primary N) is 1. The number of ether oxygens (including phenoxy) is 2. The molecule has 0 aliphatic heterocycles. The van der Waals surface area contributed by atoms with Crippen LogP contribution in [0.15, 0.2) is 54.7 Å². The van der Waals surface area contributed by atoms with Gasteiger partial charge in [-0.1, -0.05) is 36.4 Å². The Morgan fingerprint density at radius 1 is 1.16 bits per heavy atom. The Morgan fingerprint density at radius 3 is 2.53 bits per heavy atom. The van der Waals surface area contributed by atoms with Crippen molar-refractivity contribution in [1.29, 1.82) is 0 Å². The normalized spacial score (nSPS) is 11.6. The quantitative estimate of drug-likeness (QED) is 0.852. The van der Waals surface area contributed by atoms with Crippen molar-refractivity contribution in [3.05, 3.63) is 60.3 Å². The van der Waals surface area contributed by atoms with Gasteiger partial charge in [-0.15, -0.1) is 0 Å². The molecule has 5 nitrogen and oxygen atoms in total. The molecule has 0 spiro atoms. The molecule has 1 atom stereocenters. The molecule has 1 unspecified atom stereocenters. The fourth-order valence-electron chi connectivity index (χ4n) is 1.55. The fourth-order valence-corrected chi connectivity index (χ4v) is 1.55. The van der Waals surface area contributed by atoms with Crippen molar-refractivity contribution in [1.82, 2.24) is 4.98 Å². The zero-order valence-corrected chi connectivity index (χ0v) is 10.2. The molecular weight excluding hydrogens is 244 g/mol. The van der Waals surface area contributed by atoms with Gasteiger partial charge in [0, 0.05) is 18.8 Å². The Labute approximate surface area is 111 Å². The topological polar surface area (TPSA) is 74.4 Å². The summed E-state index contributed by atoms with van der Waals surface area (Å²) in [5, 5.41) is 0. The first-order valence-electron chi connectivity index (χ1n) is 5.84. The van der Waals surface area contributed by atoms with Crippen molar-refractivity contribution in [3.8, 4) is 5.88 Å². The van der Waals surface area contributed by atoms with E-state index in [9.17, 15) is 4.79 Å². The van der Waals surface area contributed by atoms with Gasteiger partial charge in [-0.25, -0.2) is 9.78 Å². The average molecular weight is 258 g/mol. The van der Waals surface area contributed by atoms with Crippen LogP contribution in [-0.4, -0.2) is 17.7 Å². The maximum Gasteiger partial charge on any atom is 0.515 e. The number of aromatic nitrogens is 1. The summed E-state index contributed by atoms with van der Waals surface area (Å²) in [5.74, 6) is 0.191. The number of pyridine rings is 1. The molecule has 5 heteroatoms. The molecule has 0 aliphatic carbocycles. The fraction of sp³-hybridized carbons (Fsp3) is 0.143. The highest BCUT2D eigenvalue weighted by Gasteiger charge is 2.16. The van der Waals surface area contributed by atoms with E-state index in [1.807, 2.05) is 30.3 Å². The van der Waals surface area contributed by atoms with Gasteiger partial charge in [-0.3, -0.25) is 0 Å². The summed E-state index contributed by atoms with van der Waals surface area (Å²) in [6, 6.07) is 14.3. The molecule has 2 N–H and O–H groups in total. The molecule has 98 valence electrons. The Hall–Kier alpha value is -2.40. The summed E-state index contributed by atoms with van der Waals surface area (Å²) in [4.78, 5) is 15.5. The van der Waals surface area contributed by atoms with Crippen LogP contribution in [0.3, 0.4) is 0 Å². The first-order chi connectivity index (χ1) is 9.29. The monoisotopic (exact) mass is 258 g/mol. The lowest BCUT2D eigenvalue weighted by Crippen LogP contribution is -2.21. The minimum atomic E-state index is -0.821. The van der Waals surface area contributed by atoms with Crippen LogP contribution in [0.5, 0.6) is 5.88 Å². The molecule has 0 bridgehead atoms. The maximum absolute atomic E-state index is 11.6. The molecule has 1 heterocycles. The Morgan fingerprint density at radius 2 is 1.89 bits per heavy atom. The predicted molar refractivity (Wildman–Crippen MR) is 69.6 cm³/mol. The highest BCUT2D eigenvalue weighted by Crippen LogP contribution is 2.17. The van der Waals surface area contributed by atoms with Gasteiger partial charge in [-0.2, -0.15) is 0 Å². The molecule has 0 radical (unpaired) electrons. The van der Waals surface area contributed by atoms with Crippen LogP contribution in [0.2, 0.25) is 0 Å². The van der Waals surface area contributed by atoms with E-state index < -0.39 is 12.3 Å². The second kappa shape index (κ2) is 6.51. The largest absolute Gasteiger partial charge is 0.515 e. The lowest BCUT2D eigenvalue weighted by Gasteiger charge is -2.15. The molecule has 19 heavy (non-hydrogen) atoms. The summed E-state index contributed by atoms with van der Waals surface area (Å²) >= 11 is 0. The molecule has 0 amide bonds. The van der Waals surface area contributed by atoms with Crippen molar-refractivity contribution in [2.75, 3.05) is 6.54 Å². The van der Waals surface area contributed by atoms with E-state index in [4.69, 9.17) is 15.2 Å². The lowest BCUT2D eigenvalue weighted by molar-refractivity contribution is 0.0601. The van der Waals surface area contributed by atoms with Crippen LogP contribution in [0.1, 0.15) is 11.7 Å². The minimum Gasteiger partial charge on any atom is -0.424 e. The van der Waals surface area contributed by atoms with Gasteiger partial charge in [0.15, 0.2) is 0 Å². The van der Waals surface area contributed by atoms with E-state index in [0.29, 0.717) is 0 Å². The van der Waals surface area contributed by atoms with Crippen LogP contribution in [0.25, 0.3) is 0 Å². The number of hydrogen-bond donors (Lipinski definition) is 1. The Balaban J connectivity index is 1.97. The van der Waals surface area contributed by atoms with Gasteiger partial charge in [0.05, 0.1) is 0 Å². The highest BCUT2D eigenvalue weighted by molar-refractivity contribution is 5.63. The van der Waals surface area contributed by atoms with Crippen molar-refractivity contribution in [2.45, 2.75) is 6.10 Å². The van der Waals surface area contributed by atoms with Crippen molar-refractivity contribution in [3.63, 3.8) is 0 Å². The summed E-state index contributed by atoms with van der Waals surface area (Å²) < 4.78 is 10.1. The predicted octanol–water partition coefficient (Wildman–Crippen LogP) is 2.30. The number of carbonyl (C=O) groups excluding carboxylic acids is 1. The summed E-state index contributed by atoms with van der Waals surface area (Å²) in [6.45, 7) is 0.182. The number of rotatable bonds is 4. The Bertz CT molecular complexity index is 517. The third-order valence-electron chi connectivity index (χ3n) is 2.45. The van der Waals surface area contributed by atoms with E-state index in [1.54, 1.807) is 18.2 Å². The van der Waals surface area contributed by atoms with Crippen LogP contribution < -0.4 is 10.5 Å². The molecule has 1 aromatic heterocycles. The van der Waals surface area contributed by atoms with E-state index in [0.717, 1.165) is 5.56 Å².